The molecule has 1 aromatic heterocycles. The van der Waals surface area contributed by atoms with Crippen molar-refractivity contribution in [3.63, 3.8) is 0 Å². The van der Waals surface area contributed by atoms with Crippen LogP contribution in [0.15, 0.2) is 24.3 Å². The van der Waals surface area contributed by atoms with Crippen LogP contribution in [0.25, 0.3) is 10.9 Å². The fraction of sp³-hybridized carbons (Fsp3) is 0.438. The lowest BCUT2D eigenvalue weighted by Crippen LogP contribution is -2.30. The van der Waals surface area contributed by atoms with Crippen LogP contribution in [0.2, 0.25) is 0 Å². The zero-order valence-electron chi connectivity index (χ0n) is 13.9. The Labute approximate surface area is 145 Å². The molecule has 1 atom stereocenters. The SMILES string of the molecule is CN(C)CCNC(O)c1cc(C(F)(F)F)nc2c(C(F)(F)F)cccc12. The Hall–Kier alpha value is -1.91. The maximum Gasteiger partial charge on any atom is 0.433 e. The maximum atomic E-state index is 13.2. The molecule has 0 aliphatic heterocycles. The van der Waals surface area contributed by atoms with E-state index in [2.05, 4.69) is 10.3 Å². The zero-order chi connectivity index (χ0) is 19.7. The summed E-state index contributed by atoms with van der Waals surface area (Å²) in [7, 11) is 3.51. The van der Waals surface area contributed by atoms with Gasteiger partial charge in [0.2, 0.25) is 0 Å². The molecule has 1 aromatic carbocycles. The van der Waals surface area contributed by atoms with E-state index in [1.807, 2.05) is 0 Å². The number of nitrogens with zero attached hydrogens (tertiary/aromatic N) is 2. The molecule has 2 N–H and O–H groups in total. The molecule has 2 aromatic rings. The van der Waals surface area contributed by atoms with E-state index in [0.717, 1.165) is 6.07 Å². The number of nitrogens with one attached hydrogen (secondary N) is 1. The van der Waals surface area contributed by atoms with E-state index in [0.29, 0.717) is 18.7 Å². The highest BCUT2D eigenvalue weighted by Crippen LogP contribution is 2.38. The molecule has 0 saturated heterocycles. The minimum atomic E-state index is -4.95. The van der Waals surface area contributed by atoms with Crippen molar-refractivity contribution in [2.24, 2.45) is 0 Å². The van der Waals surface area contributed by atoms with Crippen LogP contribution in [-0.2, 0) is 12.4 Å². The summed E-state index contributed by atoms with van der Waals surface area (Å²) >= 11 is 0. The average Bonchev–Trinajstić information content (AvgIpc) is 2.50. The number of halogens is 6. The molecule has 0 spiro atoms. The molecule has 0 fully saturated rings. The molecule has 10 heteroatoms. The monoisotopic (exact) mass is 381 g/mol. The molecule has 0 aliphatic carbocycles. The Morgan fingerprint density at radius 1 is 1.12 bits per heavy atom. The van der Waals surface area contributed by atoms with E-state index in [1.54, 1.807) is 19.0 Å². The Balaban J connectivity index is 2.61. The second kappa shape index (κ2) is 7.37. The van der Waals surface area contributed by atoms with Gasteiger partial charge in [0.05, 0.1) is 11.1 Å². The highest BCUT2D eigenvalue weighted by Gasteiger charge is 2.37. The van der Waals surface area contributed by atoms with Gasteiger partial charge in [0.15, 0.2) is 0 Å². The van der Waals surface area contributed by atoms with E-state index in [4.69, 9.17) is 0 Å². The summed E-state index contributed by atoms with van der Waals surface area (Å²) in [6.45, 7) is 0.693. The Morgan fingerprint density at radius 3 is 2.31 bits per heavy atom. The number of alkyl halides is 6. The highest BCUT2D eigenvalue weighted by molar-refractivity contribution is 5.86. The van der Waals surface area contributed by atoms with E-state index in [1.165, 1.54) is 6.07 Å². The lowest BCUT2D eigenvalue weighted by molar-refractivity contribution is -0.142. The van der Waals surface area contributed by atoms with Crippen LogP contribution < -0.4 is 5.32 Å². The zero-order valence-corrected chi connectivity index (χ0v) is 13.9. The fourth-order valence-corrected chi connectivity index (χ4v) is 2.41. The Kier molecular flexibility index (Phi) is 5.79. The molecule has 4 nitrogen and oxygen atoms in total. The van der Waals surface area contributed by atoms with Gasteiger partial charge in [0.25, 0.3) is 0 Å². The first kappa shape index (κ1) is 20.4. The van der Waals surface area contributed by atoms with Crippen molar-refractivity contribution in [3.8, 4) is 0 Å². The molecule has 26 heavy (non-hydrogen) atoms. The number of para-hydroxylation sites is 1. The van der Waals surface area contributed by atoms with Crippen molar-refractivity contribution in [2.45, 2.75) is 18.6 Å². The van der Waals surface area contributed by atoms with Crippen LogP contribution in [0.4, 0.5) is 26.3 Å². The molecule has 1 heterocycles. The Bertz CT molecular complexity index is 773. The number of fused-ring (bicyclic) bond motifs is 1. The highest BCUT2D eigenvalue weighted by atomic mass is 19.4. The van der Waals surface area contributed by atoms with Gasteiger partial charge >= 0.3 is 12.4 Å². The molecule has 0 bridgehead atoms. The van der Waals surface area contributed by atoms with Crippen LogP contribution in [-0.4, -0.2) is 42.2 Å². The number of pyridine rings is 1. The number of likely N-dealkylation sites (N-methyl/N-ethyl adjacent to an activating group) is 1. The predicted molar refractivity (Wildman–Crippen MR) is 83.3 cm³/mol. The maximum absolute atomic E-state index is 13.2. The third kappa shape index (κ3) is 4.63. The van der Waals surface area contributed by atoms with Crippen molar-refractivity contribution in [1.29, 1.82) is 0 Å². The molecular formula is C16H17F6N3O. The largest absolute Gasteiger partial charge is 0.433 e. The summed E-state index contributed by atoms with van der Waals surface area (Å²) in [5.41, 5.74) is -3.95. The number of benzene rings is 1. The molecule has 0 aliphatic rings. The van der Waals surface area contributed by atoms with Crippen LogP contribution in [0.5, 0.6) is 0 Å². The lowest BCUT2D eigenvalue weighted by Gasteiger charge is -2.20. The third-order valence-corrected chi connectivity index (χ3v) is 3.66. The molecule has 1 unspecified atom stereocenters. The van der Waals surface area contributed by atoms with Gasteiger partial charge in [0, 0.05) is 24.0 Å². The summed E-state index contributed by atoms with van der Waals surface area (Å²) in [4.78, 5) is 4.94. The standard InChI is InChI=1S/C16H17F6N3O/c1-25(2)7-6-23-14(26)10-8-12(16(20,21)22)24-13-9(10)4-3-5-11(13)15(17,18)19/h3-5,8,14,23,26H,6-7H2,1-2H3. The van der Waals surface area contributed by atoms with E-state index >= 15 is 0 Å². The van der Waals surface area contributed by atoms with Crippen LogP contribution in [0, 0.1) is 0 Å². The lowest BCUT2D eigenvalue weighted by atomic mass is 10.0. The first-order valence-electron chi connectivity index (χ1n) is 7.55. The quantitative estimate of drug-likeness (QED) is 0.616. The van der Waals surface area contributed by atoms with Crippen molar-refractivity contribution in [1.82, 2.24) is 15.2 Å². The van der Waals surface area contributed by atoms with Crippen molar-refractivity contribution < 1.29 is 31.4 Å². The van der Waals surface area contributed by atoms with Gasteiger partial charge in [0.1, 0.15) is 11.9 Å². The second-order valence-electron chi connectivity index (χ2n) is 5.95. The van der Waals surface area contributed by atoms with Crippen LogP contribution in [0.1, 0.15) is 23.0 Å². The third-order valence-electron chi connectivity index (χ3n) is 3.66. The number of rotatable bonds is 5. The van der Waals surface area contributed by atoms with E-state index < -0.39 is 35.4 Å². The minimum absolute atomic E-state index is 0.197. The summed E-state index contributed by atoms with van der Waals surface area (Å²) in [6.07, 6.45) is -11.4. The van der Waals surface area contributed by atoms with E-state index in [9.17, 15) is 31.4 Å². The van der Waals surface area contributed by atoms with Gasteiger partial charge in [-0.25, -0.2) is 4.98 Å². The number of aliphatic hydroxyl groups excluding tert-OH is 1. The summed E-state index contributed by atoms with van der Waals surface area (Å²) in [6, 6.07) is 3.49. The van der Waals surface area contributed by atoms with Crippen molar-refractivity contribution >= 4 is 10.9 Å². The van der Waals surface area contributed by atoms with Gasteiger partial charge in [-0.15, -0.1) is 0 Å². The molecule has 2 rings (SSSR count). The van der Waals surface area contributed by atoms with Crippen molar-refractivity contribution in [3.05, 3.63) is 41.1 Å². The minimum Gasteiger partial charge on any atom is -0.374 e. The second-order valence-corrected chi connectivity index (χ2v) is 5.95. The predicted octanol–water partition coefficient (Wildman–Crippen LogP) is 3.41. The van der Waals surface area contributed by atoms with Crippen LogP contribution in [0.3, 0.4) is 0 Å². The summed E-state index contributed by atoms with van der Waals surface area (Å²) in [5.74, 6) is 0. The summed E-state index contributed by atoms with van der Waals surface area (Å²) < 4.78 is 78.8. The van der Waals surface area contributed by atoms with Gasteiger partial charge in [-0.05, 0) is 26.2 Å². The smallest absolute Gasteiger partial charge is 0.374 e. The van der Waals surface area contributed by atoms with Gasteiger partial charge in [-0.2, -0.15) is 26.3 Å². The fourth-order valence-electron chi connectivity index (χ4n) is 2.41. The van der Waals surface area contributed by atoms with Crippen LogP contribution >= 0.6 is 0 Å². The molecule has 0 radical (unpaired) electrons. The molecular weight excluding hydrogens is 364 g/mol. The number of aromatic nitrogens is 1. The van der Waals surface area contributed by atoms with Crippen molar-refractivity contribution in [2.75, 3.05) is 27.2 Å². The molecule has 144 valence electrons. The molecule has 0 amide bonds. The summed E-state index contributed by atoms with van der Waals surface area (Å²) in [5, 5.41) is 12.6. The van der Waals surface area contributed by atoms with Gasteiger partial charge < -0.3 is 10.0 Å². The number of hydrogen-bond acceptors (Lipinski definition) is 4. The van der Waals surface area contributed by atoms with Gasteiger partial charge in [-0.3, -0.25) is 5.32 Å². The topological polar surface area (TPSA) is 48.4 Å². The normalized spacial score (nSPS) is 14.2. The van der Waals surface area contributed by atoms with E-state index in [-0.39, 0.29) is 17.5 Å². The number of hydrogen-bond donors (Lipinski definition) is 2. The number of aliphatic hydroxyl groups is 1. The average molecular weight is 381 g/mol. The van der Waals surface area contributed by atoms with Gasteiger partial charge in [-0.1, -0.05) is 12.1 Å². The first-order chi connectivity index (χ1) is 11.9. The Morgan fingerprint density at radius 2 is 1.77 bits per heavy atom. The molecule has 0 saturated carbocycles. The first-order valence-corrected chi connectivity index (χ1v) is 7.55.